The molecule has 1 nitrogen and oxygen atoms in total. The molecule has 108 valence electrons. The normalized spacial score (nSPS) is 14.1. The molecule has 0 bridgehead atoms. The maximum atomic E-state index is 3.80. The van der Waals surface area contributed by atoms with Crippen LogP contribution in [0.15, 0.2) is 47.2 Å². The lowest BCUT2D eigenvalue weighted by atomic mass is 9.99. The van der Waals surface area contributed by atoms with E-state index < -0.39 is 0 Å². The third-order valence-corrected chi connectivity index (χ3v) is 4.49. The molecule has 2 unspecified atom stereocenters. The van der Waals surface area contributed by atoms with Crippen molar-refractivity contribution >= 4 is 11.3 Å². The number of thiophene rings is 1. The van der Waals surface area contributed by atoms with Gasteiger partial charge >= 0.3 is 0 Å². The van der Waals surface area contributed by atoms with Crippen molar-refractivity contribution in [1.82, 2.24) is 5.32 Å². The molecule has 2 heteroatoms. The zero-order chi connectivity index (χ0) is 14.2. The molecule has 2 rings (SSSR count). The van der Waals surface area contributed by atoms with Crippen LogP contribution in [0.1, 0.15) is 62.7 Å². The van der Waals surface area contributed by atoms with Gasteiger partial charge in [0.25, 0.3) is 0 Å². The molecule has 0 saturated carbocycles. The second-order valence-electron chi connectivity index (χ2n) is 5.40. The van der Waals surface area contributed by atoms with Gasteiger partial charge in [-0.3, -0.25) is 0 Å². The molecule has 1 aromatic carbocycles. The highest BCUT2D eigenvalue weighted by Crippen LogP contribution is 2.25. The Bertz CT molecular complexity index is 463. The van der Waals surface area contributed by atoms with Gasteiger partial charge in [0.2, 0.25) is 0 Å². The second-order valence-corrected chi connectivity index (χ2v) is 6.18. The Morgan fingerprint density at radius 1 is 1.05 bits per heavy atom. The van der Waals surface area contributed by atoms with E-state index in [1.807, 2.05) is 0 Å². The Morgan fingerprint density at radius 3 is 2.50 bits per heavy atom. The molecule has 0 aliphatic rings. The van der Waals surface area contributed by atoms with Gasteiger partial charge < -0.3 is 5.32 Å². The first-order valence-corrected chi connectivity index (χ1v) is 8.58. The van der Waals surface area contributed by atoms with Crippen molar-refractivity contribution in [3.8, 4) is 0 Å². The lowest BCUT2D eigenvalue weighted by Crippen LogP contribution is -2.24. The van der Waals surface area contributed by atoms with Gasteiger partial charge in [-0.05, 0) is 41.3 Å². The Morgan fingerprint density at radius 2 is 1.85 bits per heavy atom. The molecule has 2 atom stereocenters. The molecule has 0 spiro atoms. The lowest BCUT2D eigenvalue weighted by Gasteiger charge is -2.23. The Labute approximate surface area is 127 Å². The fraction of sp³-hybridized carbons (Fsp3) is 0.444. The van der Waals surface area contributed by atoms with Crippen molar-refractivity contribution in [2.24, 2.45) is 0 Å². The minimum atomic E-state index is 0.410. The second kappa shape index (κ2) is 8.23. The van der Waals surface area contributed by atoms with Crippen LogP contribution in [-0.4, -0.2) is 0 Å². The van der Waals surface area contributed by atoms with Crippen molar-refractivity contribution in [3.63, 3.8) is 0 Å². The number of hydrogen-bond donors (Lipinski definition) is 1. The van der Waals surface area contributed by atoms with Crippen LogP contribution in [0, 0.1) is 0 Å². The maximum absolute atomic E-state index is 3.80. The van der Waals surface area contributed by atoms with Crippen LogP contribution in [0.4, 0.5) is 0 Å². The van der Waals surface area contributed by atoms with E-state index in [2.05, 4.69) is 66.3 Å². The molecule has 0 aliphatic heterocycles. The standard InChI is InChI=1S/C18H25NS/c1-3-4-6-11-18(16-9-7-5-8-10-16)19-15(2)17-12-13-20-14-17/h5,7-10,12-15,18-19H,3-4,6,11H2,1-2H3. The summed E-state index contributed by atoms with van der Waals surface area (Å²) < 4.78 is 0. The van der Waals surface area contributed by atoms with E-state index in [0.717, 1.165) is 0 Å². The molecule has 0 fully saturated rings. The number of hydrogen-bond acceptors (Lipinski definition) is 2. The first-order chi connectivity index (χ1) is 9.81. The van der Waals surface area contributed by atoms with E-state index in [-0.39, 0.29) is 0 Å². The Hall–Kier alpha value is -1.12. The number of nitrogens with one attached hydrogen (secondary N) is 1. The van der Waals surface area contributed by atoms with Gasteiger partial charge in [0.15, 0.2) is 0 Å². The highest BCUT2D eigenvalue weighted by Gasteiger charge is 2.15. The van der Waals surface area contributed by atoms with Crippen molar-refractivity contribution in [2.75, 3.05) is 0 Å². The quantitative estimate of drug-likeness (QED) is 0.612. The molecule has 1 aromatic heterocycles. The molecule has 1 heterocycles. The predicted octanol–water partition coefficient (Wildman–Crippen LogP) is 5.72. The highest BCUT2D eigenvalue weighted by atomic mass is 32.1. The lowest BCUT2D eigenvalue weighted by molar-refractivity contribution is 0.428. The number of unbranched alkanes of at least 4 members (excludes halogenated alkanes) is 2. The number of rotatable bonds is 8. The van der Waals surface area contributed by atoms with Gasteiger partial charge in [-0.25, -0.2) is 0 Å². The van der Waals surface area contributed by atoms with Crippen LogP contribution >= 0.6 is 11.3 Å². The molecule has 20 heavy (non-hydrogen) atoms. The summed E-state index contributed by atoms with van der Waals surface area (Å²) >= 11 is 1.77. The van der Waals surface area contributed by atoms with Crippen LogP contribution in [0.25, 0.3) is 0 Å². The molecule has 0 saturated heterocycles. The van der Waals surface area contributed by atoms with Crippen molar-refractivity contribution in [1.29, 1.82) is 0 Å². The van der Waals surface area contributed by atoms with Crippen molar-refractivity contribution < 1.29 is 0 Å². The van der Waals surface area contributed by atoms with Crippen molar-refractivity contribution in [2.45, 2.75) is 51.6 Å². The minimum absolute atomic E-state index is 0.410. The van der Waals surface area contributed by atoms with Gasteiger partial charge in [-0.2, -0.15) is 11.3 Å². The van der Waals surface area contributed by atoms with Crippen LogP contribution in [0.3, 0.4) is 0 Å². The fourth-order valence-electron chi connectivity index (χ4n) is 2.55. The average Bonchev–Trinajstić information content (AvgIpc) is 3.01. The van der Waals surface area contributed by atoms with Crippen LogP contribution in [-0.2, 0) is 0 Å². The SMILES string of the molecule is CCCCCC(NC(C)c1ccsc1)c1ccccc1. The third-order valence-electron chi connectivity index (χ3n) is 3.79. The Kier molecular flexibility index (Phi) is 6.28. The van der Waals surface area contributed by atoms with E-state index in [0.29, 0.717) is 12.1 Å². The van der Waals surface area contributed by atoms with Gasteiger partial charge in [-0.1, -0.05) is 56.5 Å². The smallest absolute Gasteiger partial charge is 0.0325 e. The predicted molar refractivity (Wildman–Crippen MR) is 89.2 cm³/mol. The van der Waals surface area contributed by atoms with Gasteiger partial charge in [0, 0.05) is 12.1 Å². The minimum Gasteiger partial charge on any atom is -0.303 e. The summed E-state index contributed by atoms with van der Waals surface area (Å²) in [5, 5.41) is 8.20. The first-order valence-electron chi connectivity index (χ1n) is 7.64. The molecule has 0 aliphatic carbocycles. The zero-order valence-corrected chi connectivity index (χ0v) is 13.3. The molecular weight excluding hydrogens is 262 g/mol. The summed E-state index contributed by atoms with van der Waals surface area (Å²) in [4.78, 5) is 0. The van der Waals surface area contributed by atoms with E-state index in [9.17, 15) is 0 Å². The average molecular weight is 287 g/mol. The van der Waals surface area contributed by atoms with Gasteiger partial charge in [-0.15, -0.1) is 0 Å². The fourth-order valence-corrected chi connectivity index (χ4v) is 3.30. The molecule has 1 N–H and O–H groups in total. The topological polar surface area (TPSA) is 12.0 Å². The molecule has 0 radical (unpaired) electrons. The van der Waals surface area contributed by atoms with E-state index >= 15 is 0 Å². The van der Waals surface area contributed by atoms with Gasteiger partial charge in [0.05, 0.1) is 0 Å². The summed E-state index contributed by atoms with van der Waals surface area (Å²) in [6.45, 7) is 4.52. The summed E-state index contributed by atoms with van der Waals surface area (Å²) in [5.41, 5.74) is 2.80. The van der Waals surface area contributed by atoms with Crippen LogP contribution in [0.2, 0.25) is 0 Å². The molecule has 0 amide bonds. The van der Waals surface area contributed by atoms with Crippen molar-refractivity contribution in [3.05, 3.63) is 58.3 Å². The van der Waals surface area contributed by atoms with E-state index in [1.54, 1.807) is 11.3 Å². The summed E-state index contributed by atoms with van der Waals surface area (Å²) in [6, 6.07) is 13.9. The van der Waals surface area contributed by atoms with E-state index in [1.165, 1.54) is 36.8 Å². The monoisotopic (exact) mass is 287 g/mol. The summed E-state index contributed by atoms with van der Waals surface area (Å²) in [5.74, 6) is 0. The Balaban J connectivity index is 2.02. The summed E-state index contributed by atoms with van der Waals surface area (Å²) in [7, 11) is 0. The number of benzene rings is 1. The largest absolute Gasteiger partial charge is 0.303 e. The molecule has 2 aromatic rings. The maximum Gasteiger partial charge on any atom is 0.0325 e. The van der Waals surface area contributed by atoms with Gasteiger partial charge in [0.1, 0.15) is 0 Å². The van der Waals surface area contributed by atoms with E-state index in [4.69, 9.17) is 0 Å². The molecular formula is C18H25NS. The third kappa shape index (κ3) is 4.46. The highest BCUT2D eigenvalue weighted by molar-refractivity contribution is 7.07. The summed E-state index contributed by atoms with van der Waals surface area (Å²) in [6.07, 6.45) is 5.10. The van der Waals surface area contributed by atoms with Crippen LogP contribution < -0.4 is 5.32 Å². The zero-order valence-electron chi connectivity index (χ0n) is 12.5. The van der Waals surface area contributed by atoms with Crippen LogP contribution in [0.5, 0.6) is 0 Å². The first kappa shape index (κ1) is 15.3.